The van der Waals surface area contributed by atoms with Crippen molar-refractivity contribution in [2.24, 2.45) is 0 Å². The first-order chi connectivity index (χ1) is 8.08. The van der Waals surface area contributed by atoms with Crippen molar-refractivity contribution in [3.63, 3.8) is 0 Å². The number of aromatic nitrogens is 1. The fourth-order valence-corrected chi connectivity index (χ4v) is 2.80. The van der Waals surface area contributed by atoms with Crippen molar-refractivity contribution in [3.8, 4) is 0 Å². The molecule has 0 atom stereocenters. The second kappa shape index (κ2) is 4.75. The minimum Gasteiger partial charge on any atom is -0.397 e. The first kappa shape index (κ1) is 11.9. The molecule has 0 unspecified atom stereocenters. The lowest BCUT2D eigenvalue weighted by Crippen LogP contribution is -2.18. The number of nitrogens with zero attached hydrogens (tertiary/aromatic N) is 2. The molecule has 0 aliphatic carbocycles. The molecule has 90 valence electrons. The molecule has 2 heterocycles. The summed E-state index contributed by atoms with van der Waals surface area (Å²) in [6.07, 6.45) is 1.71. The van der Waals surface area contributed by atoms with E-state index in [-0.39, 0.29) is 0 Å². The van der Waals surface area contributed by atoms with Gasteiger partial charge in [0.25, 0.3) is 0 Å². The first-order valence-electron chi connectivity index (χ1n) is 5.54. The Labute approximate surface area is 106 Å². The van der Waals surface area contributed by atoms with Crippen LogP contribution in [0.5, 0.6) is 0 Å². The van der Waals surface area contributed by atoms with Crippen molar-refractivity contribution in [2.75, 3.05) is 17.7 Å². The quantitative estimate of drug-likeness (QED) is 0.906. The molecular weight excluding hydrogens is 230 g/mol. The van der Waals surface area contributed by atoms with Crippen LogP contribution in [0.25, 0.3) is 0 Å². The average Bonchev–Trinajstić information content (AvgIpc) is 2.64. The normalized spacial score (nSPS) is 10.5. The van der Waals surface area contributed by atoms with Crippen molar-refractivity contribution in [2.45, 2.75) is 20.4 Å². The largest absolute Gasteiger partial charge is 0.397 e. The van der Waals surface area contributed by atoms with Gasteiger partial charge in [-0.1, -0.05) is 0 Å². The molecule has 0 fully saturated rings. The fraction of sp³-hybridized carbons (Fsp3) is 0.308. The van der Waals surface area contributed by atoms with Gasteiger partial charge >= 0.3 is 0 Å². The lowest BCUT2D eigenvalue weighted by Gasteiger charge is -2.20. The molecule has 4 heteroatoms. The summed E-state index contributed by atoms with van der Waals surface area (Å²) in [6.45, 7) is 5.07. The Morgan fingerprint density at radius 2 is 2.12 bits per heavy atom. The molecule has 0 radical (unpaired) electrons. The van der Waals surface area contributed by atoms with Crippen LogP contribution in [0.3, 0.4) is 0 Å². The van der Waals surface area contributed by atoms with Gasteiger partial charge in [-0.05, 0) is 42.5 Å². The van der Waals surface area contributed by atoms with Gasteiger partial charge < -0.3 is 10.6 Å². The number of pyridine rings is 1. The van der Waals surface area contributed by atoms with E-state index in [4.69, 9.17) is 5.73 Å². The van der Waals surface area contributed by atoms with E-state index in [0.29, 0.717) is 5.69 Å². The Morgan fingerprint density at radius 1 is 1.35 bits per heavy atom. The second-order valence-corrected chi connectivity index (χ2v) is 5.29. The Hall–Kier alpha value is -1.55. The maximum absolute atomic E-state index is 5.71. The molecule has 2 aromatic rings. The molecule has 0 aliphatic rings. The fourth-order valence-electron chi connectivity index (χ4n) is 1.85. The molecule has 0 aliphatic heterocycles. The van der Waals surface area contributed by atoms with Gasteiger partial charge in [-0.2, -0.15) is 0 Å². The predicted molar refractivity (Wildman–Crippen MR) is 74.5 cm³/mol. The number of nitrogens with two attached hydrogens (primary N) is 1. The van der Waals surface area contributed by atoms with E-state index in [1.54, 1.807) is 17.5 Å². The Balaban J connectivity index is 2.20. The van der Waals surface area contributed by atoms with Gasteiger partial charge in [0.1, 0.15) is 5.82 Å². The SMILES string of the molecule is Cc1cc(N)cnc1N(C)Cc1sccc1C. The number of rotatable bonds is 3. The maximum Gasteiger partial charge on any atom is 0.131 e. The van der Waals surface area contributed by atoms with Crippen molar-refractivity contribution in [3.05, 3.63) is 39.7 Å². The van der Waals surface area contributed by atoms with Crippen LogP contribution in [0, 0.1) is 13.8 Å². The van der Waals surface area contributed by atoms with E-state index in [0.717, 1.165) is 17.9 Å². The lowest BCUT2D eigenvalue weighted by molar-refractivity contribution is 0.900. The lowest BCUT2D eigenvalue weighted by atomic mass is 10.2. The van der Waals surface area contributed by atoms with Crippen molar-refractivity contribution in [1.29, 1.82) is 0 Å². The first-order valence-corrected chi connectivity index (χ1v) is 6.42. The summed E-state index contributed by atoms with van der Waals surface area (Å²) >= 11 is 1.79. The minimum atomic E-state index is 0.715. The van der Waals surface area contributed by atoms with Gasteiger partial charge in [-0.15, -0.1) is 11.3 Å². The van der Waals surface area contributed by atoms with Gasteiger partial charge in [0.15, 0.2) is 0 Å². The highest BCUT2D eigenvalue weighted by molar-refractivity contribution is 7.10. The standard InChI is InChI=1S/C13H17N3S/c1-9-4-5-17-12(9)8-16(3)13-10(2)6-11(14)7-15-13/h4-7H,8,14H2,1-3H3. The maximum atomic E-state index is 5.71. The minimum absolute atomic E-state index is 0.715. The average molecular weight is 247 g/mol. The molecule has 2 rings (SSSR count). The van der Waals surface area contributed by atoms with Crippen LogP contribution in [0.15, 0.2) is 23.7 Å². The van der Waals surface area contributed by atoms with Crippen LogP contribution < -0.4 is 10.6 Å². The Morgan fingerprint density at radius 3 is 2.71 bits per heavy atom. The molecule has 17 heavy (non-hydrogen) atoms. The molecule has 0 saturated heterocycles. The zero-order valence-corrected chi connectivity index (χ0v) is 11.2. The molecule has 3 nitrogen and oxygen atoms in total. The van der Waals surface area contributed by atoms with Gasteiger partial charge in [0, 0.05) is 11.9 Å². The number of anilines is 2. The van der Waals surface area contributed by atoms with Crippen LogP contribution in [0.4, 0.5) is 11.5 Å². The van der Waals surface area contributed by atoms with Crippen LogP contribution in [-0.2, 0) is 6.54 Å². The summed E-state index contributed by atoms with van der Waals surface area (Å²) in [5.74, 6) is 0.993. The Kier molecular flexibility index (Phi) is 3.33. The van der Waals surface area contributed by atoms with Gasteiger partial charge in [-0.3, -0.25) is 0 Å². The molecule has 0 amide bonds. The highest BCUT2D eigenvalue weighted by Gasteiger charge is 2.09. The molecule has 0 spiro atoms. The van der Waals surface area contributed by atoms with Crippen LogP contribution >= 0.6 is 11.3 Å². The topological polar surface area (TPSA) is 42.1 Å². The van der Waals surface area contributed by atoms with E-state index < -0.39 is 0 Å². The predicted octanol–water partition coefficient (Wildman–Crippen LogP) is 2.98. The van der Waals surface area contributed by atoms with Crippen molar-refractivity contribution >= 4 is 22.8 Å². The summed E-state index contributed by atoms with van der Waals surface area (Å²) in [5, 5.41) is 2.13. The monoisotopic (exact) mass is 247 g/mol. The number of nitrogen functional groups attached to an aromatic ring is 1. The third-order valence-corrected chi connectivity index (χ3v) is 3.79. The number of thiophene rings is 1. The van der Waals surface area contributed by atoms with Crippen LogP contribution in [0.2, 0.25) is 0 Å². The third-order valence-electron chi connectivity index (χ3n) is 2.78. The third kappa shape index (κ3) is 2.58. The van der Waals surface area contributed by atoms with Crippen LogP contribution in [-0.4, -0.2) is 12.0 Å². The van der Waals surface area contributed by atoms with Crippen molar-refractivity contribution in [1.82, 2.24) is 4.98 Å². The highest BCUT2D eigenvalue weighted by Crippen LogP contribution is 2.23. The highest BCUT2D eigenvalue weighted by atomic mass is 32.1. The summed E-state index contributed by atoms with van der Waals surface area (Å²) < 4.78 is 0. The van der Waals surface area contributed by atoms with Crippen molar-refractivity contribution < 1.29 is 0 Å². The zero-order chi connectivity index (χ0) is 12.4. The molecule has 0 bridgehead atoms. The van der Waals surface area contributed by atoms with Gasteiger partial charge in [0.2, 0.25) is 0 Å². The van der Waals surface area contributed by atoms with E-state index in [1.807, 2.05) is 13.0 Å². The summed E-state index contributed by atoms with van der Waals surface area (Å²) in [5.41, 5.74) is 8.88. The molecule has 0 aromatic carbocycles. The van der Waals surface area contributed by atoms with E-state index in [9.17, 15) is 0 Å². The van der Waals surface area contributed by atoms with Gasteiger partial charge in [0.05, 0.1) is 18.4 Å². The summed E-state index contributed by atoms with van der Waals surface area (Å²) in [7, 11) is 2.06. The van der Waals surface area contributed by atoms with E-state index >= 15 is 0 Å². The van der Waals surface area contributed by atoms with E-state index in [2.05, 4.69) is 35.3 Å². The van der Waals surface area contributed by atoms with E-state index in [1.165, 1.54) is 10.4 Å². The molecule has 2 aromatic heterocycles. The number of hydrogen-bond acceptors (Lipinski definition) is 4. The second-order valence-electron chi connectivity index (χ2n) is 4.29. The van der Waals surface area contributed by atoms with Gasteiger partial charge in [-0.25, -0.2) is 4.98 Å². The molecule has 0 saturated carbocycles. The summed E-state index contributed by atoms with van der Waals surface area (Å²) in [4.78, 5) is 7.93. The summed E-state index contributed by atoms with van der Waals surface area (Å²) in [6, 6.07) is 4.11. The Bertz CT molecular complexity index is 519. The number of aryl methyl sites for hydroxylation is 2. The number of hydrogen-bond donors (Lipinski definition) is 1. The molecule has 2 N–H and O–H groups in total. The smallest absolute Gasteiger partial charge is 0.131 e. The molecular formula is C13H17N3S. The zero-order valence-electron chi connectivity index (χ0n) is 10.4. The van der Waals surface area contributed by atoms with Crippen LogP contribution in [0.1, 0.15) is 16.0 Å².